The van der Waals surface area contributed by atoms with Gasteiger partial charge in [-0.15, -0.1) is 0 Å². The largest absolute Gasteiger partial charge is 0.493 e. The third-order valence-electron chi connectivity index (χ3n) is 4.10. The van der Waals surface area contributed by atoms with Crippen molar-refractivity contribution in [2.45, 2.75) is 0 Å². The second kappa shape index (κ2) is 6.80. The highest BCUT2D eigenvalue weighted by atomic mass is 16.6. The predicted octanol–water partition coefficient (Wildman–Crippen LogP) is 4.94. The van der Waals surface area contributed by atoms with Gasteiger partial charge in [0.2, 0.25) is 0 Å². The number of rotatable bonds is 5. The summed E-state index contributed by atoms with van der Waals surface area (Å²) in [4.78, 5) is 18.2. The Bertz CT molecular complexity index is 1090. The van der Waals surface area contributed by atoms with Crippen molar-refractivity contribution in [2.24, 2.45) is 0 Å². The number of hydrogen-bond acceptors (Lipinski definition) is 5. The minimum Gasteiger partial charge on any atom is -0.493 e. The highest BCUT2D eigenvalue weighted by Gasteiger charge is 2.12. The average molecular weight is 361 g/mol. The van der Waals surface area contributed by atoms with Crippen molar-refractivity contribution in [3.8, 4) is 28.6 Å². The summed E-state index contributed by atoms with van der Waals surface area (Å²) < 4.78 is 11.2. The molecule has 0 saturated carbocycles. The maximum Gasteiger partial charge on any atom is 0.269 e. The zero-order chi connectivity index (χ0) is 18.8. The van der Waals surface area contributed by atoms with Crippen molar-refractivity contribution in [3.63, 3.8) is 0 Å². The minimum atomic E-state index is -0.452. The molecular weight excluding hydrogens is 346 g/mol. The lowest BCUT2D eigenvalue weighted by atomic mass is 10.2. The Morgan fingerprint density at radius 1 is 1.00 bits per heavy atom. The number of nitro groups is 1. The molecule has 0 atom stereocenters. The summed E-state index contributed by atoms with van der Waals surface area (Å²) in [6.07, 6.45) is 0. The number of fused-ring (bicyclic) bond motifs is 1. The van der Waals surface area contributed by atoms with E-state index in [4.69, 9.17) is 9.47 Å². The molecule has 0 aliphatic heterocycles. The molecule has 7 nitrogen and oxygen atoms in total. The molecule has 27 heavy (non-hydrogen) atoms. The van der Waals surface area contributed by atoms with Gasteiger partial charge in [-0.05, 0) is 42.5 Å². The van der Waals surface area contributed by atoms with Gasteiger partial charge in [-0.2, -0.15) is 0 Å². The van der Waals surface area contributed by atoms with Crippen LogP contribution < -0.4 is 9.47 Å². The zero-order valence-electron chi connectivity index (χ0n) is 14.4. The first-order chi connectivity index (χ1) is 13.1. The van der Waals surface area contributed by atoms with E-state index in [2.05, 4.69) is 9.97 Å². The van der Waals surface area contributed by atoms with E-state index in [1.165, 1.54) is 12.1 Å². The maximum absolute atomic E-state index is 10.7. The molecule has 4 aromatic rings. The van der Waals surface area contributed by atoms with Crippen LogP contribution in [0.2, 0.25) is 0 Å². The van der Waals surface area contributed by atoms with Gasteiger partial charge in [0.25, 0.3) is 5.69 Å². The fraction of sp³-hybridized carbons (Fsp3) is 0.0500. The van der Waals surface area contributed by atoms with E-state index >= 15 is 0 Å². The molecule has 0 bridgehead atoms. The van der Waals surface area contributed by atoms with Crippen LogP contribution in [0.5, 0.6) is 17.2 Å². The summed E-state index contributed by atoms with van der Waals surface area (Å²) >= 11 is 0. The van der Waals surface area contributed by atoms with Gasteiger partial charge < -0.3 is 14.5 Å². The topological polar surface area (TPSA) is 90.3 Å². The normalized spacial score (nSPS) is 10.7. The fourth-order valence-corrected chi connectivity index (χ4v) is 2.75. The van der Waals surface area contributed by atoms with Gasteiger partial charge in [0.05, 0.1) is 23.1 Å². The predicted molar refractivity (Wildman–Crippen MR) is 101 cm³/mol. The van der Waals surface area contributed by atoms with E-state index in [1.807, 2.05) is 36.4 Å². The third kappa shape index (κ3) is 3.30. The number of benzene rings is 3. The molecule has 0 unspecified atom stereocenters. The Kier molecular flexibility index (Phi) is 4.18. The number of hydrogen-bond donors (Lipinski definition) is 1. The van der Waals surface area contributed by atoms with E-state index in [0.717, 1.165) is 22.4 Å². The van der Waals surface area contributed by atoms with E-state index in [0.29, 0.717) is 17.2 Å². The number of aromatic amines is 1. The lowest BCUT2D eigenvalue weighted by molar-refractivity contribution is -0.384. The summed E-state index contributed by atoms with van der Waals surface area (Å²) in [5, 5.41) is 10.7. The number of nitrogens with one attached hydrogen (secondary N) is 1. The van der Waals surface area contributed by atoms with E-state index < -0.39 is 4.92 Å². The molecule has 4 rings (SSSR count). The van der Waals surface area contributed by atoms with Crippen LogP contribution in [0.15, 0.2) is 66.7 Å². The standard InChI is InChI=1S/C20H15N3O4/c1-26-19-12-13(20-21-16-4-2-3-5-17(16)22-20)6-11-18(19)27-15-9-7-14(8-10-15)23(24)25/h2-12H,1H3,(H,21,22). The van der Waals surface area contributed by atoms with Gasteiger partial charge >= 0.3 is 0 Å². The minimum absolute atomic E-state index is 0.00884. The summed E-state index contributed by atoms with van der Waals surface area (Å²) in [7, 11) is 1.56. The number of methoxy groups -OCH3 is 1. The first kappa shape index (κ1) is 16.6. The van der Waals surface area contributed by atoms with Gasteiger partial charge in [-0.25, -0.2) is 4.98 Å². The molecule has 134 valence electrons. The highest BCUT2D eigenvalue weighted by molar-refractivity contribution is 5.79. The SMILES string of the molecule is COc1cc(-c2nc3ccccc3[nH]2)ccc1Oc1ccc([N+](=O)[O-])cc1. The van der Waals surface area contributed by atoms with Crippen molar-refractivity contribution >= 4 is 16.7 Å². The maximum atomic E-state index is 10.7. The van der Waals surface area contributed by atoms with Crippen LogP contribution in [-0.4, -0.2) is 22.0 Å². The number of H-pyrrole nitrogens is 1. The van der Waals surface area contributed by atoms with Crippen molar-refractivity contribution in [2.75, 3.05) is 7.11 Å². The second-order valence-corrected chi connectivity index (χ2v) is 5.82. The van der Waals surface area contributed by atoms with Gasteiger partial charge in [0.15, 0.2) is 11.5 Å². The van der Waals surface area contributed by atoms with Gasteiger partial charge in [-0.3, -0.25) is 10.1 Å². The number of non-ortho nitro benzene ring substituents is 1. The van der Waals surface area contributed by atoms with Gasteiger partial charge in [0.1, 0.15) is 11.6 Å². The molecule has 7 heteroatoms. The molecule has 0 aliphatic rings. The van der Waals surface area contributed by atoms with Crippen LogP contribution in [0.3, 0.4) is 0 Å². The zero-order valence-corrected chi connectivity index (χ0v) is 14.4. The van der Waals surface area contributed by atoms with Crippen molar-refractivity contribution in [1.29, 1.82) is 0 Å². The number of para-hydroxylation sites is 2. The molecule has 0 aliphatic carbocycles. The first-order valence-corrected chi connectivity index (χ1v) is 8.19. The summed E-state index contributed by atoms with van der Waals surface area (Å²) in [6, 6.07) is 19.2. The monoisotopic (exact) mass is 361 g/mol. The highest BCUT2D eigenvalue weighted by Crippen LogP contribution is 2.35. The van der Waals surface area contributed by atoms with E-state index in [-0.39, 0.29) is 5.69 Å². The molecule has 0 fully saturated rings. The van der Waals surface area contributed by atoms with Crippen molar-refractivity contribution in [1.82, 2.24) is 9.97 Å². The Morgan fingerprint density at radius 3 is 2.48 bits per heavy atom. The smallest absolute Gasteiger partial charge is 0.269 e. The molecule has 1 heterocycles. The molecular formula is C20H15N3O4. The molecule has 0 radical (unpaired) electrons. The van der Waals surface area contributed by atoms with Gasteiger partial charge in [-0.1, -0.05) is 12.1 Å². The van der Waals surface area contributed by atoms with Crippen molar-refractivity contribution in [3.05, 3.63) is 76.8 Å². The Balaban J connectivity index is 1.63. The van der Waals surface area contributed by atoms with Crippen LogP contribution in [0.25, 0.3) is 22.4 Å². The molecule has 0 saturated heterocycles. The quantitative estimate of drug-likeness (QED) is 0.402. The third-order valence-corrected chi connectivity index (χ3v) is 4.10. The molecule has 0 spiro atoms. The van der Waals surface area contributed by atoms with Gasteiger partial charge in [0, 0.05) is 17.7 Å². The number of nitrogens with zero attached hydrogens (tertiary/aromatic N) is 2. The molecule has 1 aromatic heterocycles. The number of ether oxygens (including phenoxy) is 2. The average Bonchev–Trinajstić information content (AvgIpc) is 3.13. The Morgan fingerprint density at radius 2 is 1.78 bits per heavy atom. The second-order valence-electron chi connectivity index (χ2n) is 5.82. The summed E-state index contributed by atoms with van der Waals surface area (Å²) in [5.74, 6) is 2.25. The Labute approximate surface area is 154 Å². The van der Waals surface area contributed by atoms with Crippen LogP contribution in [0, 0.1) is 10.1 Å². The van der Waals surface area contributed by atoms with Crippen molar-refractivity contribution < 1.29 is 14.4 Å². The number of nitro benzene ring substituents is 1. The number of aromatic nitrogens is 2. The van der Waals surface area contributed by atoms with Crippen LogP contribution in [-0.2, 0) is 0 Å². The summed E-state index contributed by atoms with van der Waals surface area (Å²) in [5.41, 5.74) is 2.71. The molecule has 1 N–H and O–H groups in total. The fourth-order valence-electron chi connectivity index (χ4n) is 2.75. The van der Waals surface area contributed by atoms with Crippen LogP contribution in [0.1, 0.15) is 0 Å². The van der Waals surface area contributed by atoms with Crippen LogP contribution >= 0.6 is 0 Å². The molecule has 0 amide bonds. The summed E-state index contributed by atoms with van der Waals surface area (Å²) in [6.45, 7) is 0. The molecule has 3 aromatic carbocycles. The van der Waals surface area contributed by atoms with E-state index in [1.54, 1.807) is 25.3 Å². The van der Waals surface area contributed by atoms with Crippen LogP contribution in [0.4, 0.5) is 5.69 Å². The Hall–Kier alpha value is -3.87. The lowest BCUT2D eigenvalue weighted by Crippen LogP contribution is -1.92. The number of imidazole rings is 1. The first-order valence-electron chi connectivity index (χ1n) is 8.19. The van der Waals surface area contributed by atoms with E-state index in [9.17, 15) is 10.1 Å². The lowest BCUT2D eigenvalue weighted by Gasteiger charge is -2.11.